The molecule has 0 spiro atoms. The summed E-state index contributed by atoms with van der Waals surface area (Å²) >= 11 is 0. The molecule has 0 radical (unpaired) electrons. The molecular formula is C15H22N4O2. The van der Waals surface area contributed by atoms with E-state index in [0.717, 1.165) is 24.5 Å². The van der Waals surface area contributed by atoms with Crippen LogP contribution in [0.25, 0.3) is 0 Å². The highest BCUT2D eigenvalue weighted by molar-refractivity contribution is 5.41. The molecule has 0 bridgehead atoms. The minimum Gasteiger partial charge on any atom is -0.491 e. The first-order valence-corrected chi connectivity index (χ1v) is 7.21. The van der Waals surface area contributed by atoms with Gasteiger partial charge in [0.1, 0.15) is 24.3 Å². The molecule has 0 aliphatic carbocycles. The monoisotopic (exact) mass is 290 g/mol. The minimum atomic E-state index is -0.640. The molecule has 2 aromatic rings. The zero-order valence-electron chi connectivity index (χ0n) is 12.5. The number of rotatable bonds is 7. The van der Waals surface area contributed by atoms with Crippen LogP contribution in [0.4, 0.5) is 5.69 Å². The molecule has 0 amide bonds. The topological polar surface area (TPSA) is 86.2 Å². The van der Waals surface area contributed by atoms with E-state index in [1.165, 1.54) is 0 Å². The molecule has 6 heteroatoms. The molecule has 1 atom stereocenters. The Labute approximate surface area is 124 Å². The third-order valence-corrected chi connectivity index (χ3v) is 3.13. The summed E-state index contributed by atoms with van der Waals surface area (Å²) in [4.78, 5) is 4.41. The van der Waals surface area contributed by atoms with Gasteiger partial charge in [0.25, 0.3) is 0 Å². The Kier molecular flexibility index (Phi) is 5.16. The second-order valence-corrected chi connectivity index (χ2v) is 4.87. The number of aromatic nitrogens is 3. The molecule has 114 valence electrons. The molecule has 0 aliphatic heterocycles. The SMILES string of the molecule is CCc1nc(CC)n(CC(O)COc2ccc(N)cc2)n1. The maximum absolute atomic E-state index is 10.1. The van der Waals surface area contributed by atoms with Gasteiger partial charge in [0.2, 0.25) is 0 Å². The van der Waals surface area contributed by atoms with Crippen molar-refractivity contribution in [2.24, 2.45) is 0 Å². The van der Waals surface area contributed by atoms with E-state index < -0.39 is 6.10 Å². The van der Waals surface area contributed by atoms with E-state index >= 15 is 0 Å². The smallest absolute Gasteiger partial charge is 0.150 e. The van der Waals surface area contributed by atoms with Crippen molar-refractivity contribution in [3.05, 3.63) is 35.9 Å². The Morgan fingerprint density at radius 1 is 1.24 bits per heavy atom. The van der Waals surface area contributed by atoms with E-state index in [2.05, 4.69) is 10.1 Å². The van der Waals surface area contributed by atoms with Gasteiger partial charge in [-0.3, -0.25) is 0 Å². The summed E-state index contributed by atoms with van der Waals surface area (Å²) in [7, 11) is 0. The summed E-state index contributed by atoms with van der Waals surface area (Å²) < 4.78 is 7.29. The lowest BCUT2D eigenvalue weighted by molar-refractivity contribution is 0.0883. The lowest BCUT2D eigenvalue weighted by Crippen LogP contribution is -2.25. The molecular weight excluding hydrogens is 268 g/mol. The number of nitrogens with zero attached hydrogens (tertiary/aromatic N) is 3. The van der Waals surface area contributed by atoms with Crippen LogP contribution >= 0.6 is 0 Å². The Balaban J connectivity index is 1.90. The quantitative estimate of drug-likeness (QED) is 0.753. The first-order chi connectivity index (χ1) is 10.1. The largest absolute Gasteiger partial charge is 0.491 e. The normalized spacial score (nSPS) is 12.3. The Morgan fingerprint density at radius 2 is 1.95 bits per heavy atom. The van der Waals surface area contributed by atoms with Crippen LogP contribution in [0.1, 0.15) is 25.5 Å². The van der Waals surface area contributed by atoms with Crippen LogP contribution in [0.15, 0.2) is 24.3 Å². The Bertz CT molecular complexity index is 566. The lowest BCUT2D eigenvalue weighted by Gasteiger charge is -2.13. The fraction of sp³-hybridized carbons (Fsp3) is 0.467. The molecule has 2 rings (SSSR count). The van der Waals surface area contributed by atoms with Gasteiger partial charge in [0, 0.05) is 18.5 Å². The number of aryl methyl sites for hydroxylation is 2. The summed E-state index contributed by atoms with van der Waals surface area (Å²) in [5.74, 6) is 2.38. The molecule has 0 aliphatic rings. The van der Waals surface area contributed by atoms with Crippen molar-refractivity contribution < 1.29 is 9.84 Å². The molecule has 0 saturated carbocycles. The maximum atomic E-state index is 10.1. The number of nitrogens with two attached hydrogens (primary N) is 1. The number of nitrogen functional groups attached to an aromatic ring is 1. The number of aliphatic hydroxyl groups excluding tert-OH is 1. The first kappa shape index (κ1) is 15.3. The summed E-state index contributed by atoms with van der Waals surface area (Å²) in [5.41, 5.74) is 6.29. The van der Waals surface area contributed by atoms with Gasteiger partial charge >= 0.3 is 0 Å². The highest BCUT2D eigenvalue weighted by Crippen LogP contribution is 2.13. The first-order valence-electron chi connectivity index (χ1n) is 7.21. The fourth-order valence-electron chi connectivity index (χ4n) is 1.99. The summed E-state index contributed by atoms with van der Waals surface area (Å²) in [6.07, 6.45) is 0.940. The molecule has 1 heterocycles. The standard InChI is InChI=1S/C15H22N4O2/c1-3-14-17-15(4-2)19(18-14)9-12(20)10-21-13-7-5-11(16)6-8-13/h5-8,12,20H,3-4,9-10,16H2,1-2H3. The van der Waals surface area contributed by atoms with Crippen molar-refractivity contribution in [1.29, 1.82) is 0 Å². The van der Waals surface area contributed by atoms with Gasteiger partial charge in [0.05, 0.1) is 6.54 Å². The van der Waals surface area contributed by atoms with Gasteiger partial charge < -0.3 is 15.6 Å². The van der Waals surface area contributed by atoms with Crippen LogP contribution in [-0.4, -0.2) is 32.6 Å². The van der Waals surface area contributed by atoms with Gasteiger partial charge in [-0.15, -0.1) is 0 Å². The predicted molar refractivity (Wildman–Crippen MR) is 81.1 cm³/mol. The van der Waals surface area contributed by atoms with Crippen molar-refractivity contribution >= 4 is 5.69 Å². The van der Waals surface area contributed by atoms with Crippen LogP contribution in [0.3, 0.4) is 0 Å². The molecule has 3 N–H and O–H groups in total. The minimum absolute atomic E-state index is 0.203. The zero-order chi connectivity index (χ0) is 15.2. The summed E-state index contributed by atoms with van der Waals surface area (Å²) in [5, 5.41) is 14.5. The Morgan fingerprint density at radius 3 is 2.57 bits per heavy atom. The van der Waals surface area contributed by atoms with Gasteiger partial charge in [-0.25, -0.2) is 9.67 Å². The number of hydrogen-bond donors (Lipinski definition) is 2. The van der Waals surface area contributed by atoms with Gasteiger partial charge in [0.15, 0.2) is 5.82 Å². The number of hydrogen-bond acceptors (Lipinski definition) is 5. The molecule has 6 nitrogen and oxygen atoms in total. The van der Waals surface area contributed by atoms with E-state index in [9.17, 15) is 5.11 Å². The van der Waals surface area contributed by atoms with Crippen LogP contribution in [-0.2, 0) is 19.4 Å². The van der Waals surface area contributed by atoms with Crippen molar-refractivity contribution in [2.75, 3.05) is 12.3 Å². The highest BCUT2D eigenvalue weighted by Gasteiger charge is 2.12. The lowest BCUT2D eigenvalue weighted by atomic mass is 10.3. The van der Waals surface area contributed by atoms with E-state index in [-0.39, 0.29) is 6.61 Å². The van der Waals surface area contributed by atoms with Crippen LogP contribution in [0.2, 0.25) is 0 Å². The Hall–Kier alpha value is -2.08. The van der Waals surface area contributed by atoms with Crippen LogP contribution < -0.4 is 10.5 Å². The van der Waals surface area contributed by atoms with E-state index in [4.69, 9.17) is 10.5 Å². The van der Waals surface area contributed by atoms with Gasteiger partial charge in [-0.2, -0.15) is 5.10 Å². The summed E-state index contributed by atoms with van der Waals surface area (Å²) in [6.45, 7) is 4.62. The highest BCUT2D eigenvalue weighted by atomic mass is 16.5. The van der Waals surface area contributed by atoms with E-state index in [1.54, 1.807) is 28.9 Å². The van der Waals surface area contributed by atoms with Gasteiger partial charge in [-0.1, -0.05) is 13.8 Å². The second-order valence-electron chi connectivity index (χ2n) is 4.87. The third kappa shape index (κ3) is 4.19. The number of ether oxygens (including phenoxy) is 1. The second kappa shape index (κ2) is 7.08. The van der Waals surface area contributed by atoms with E-state index in [0.29, 0.717) is 18.0 Å². The van der Waals surface area contributed by atoms with Crippen LogP contribution in [0.5, 0.6) is 5.75 Å². The molecule has 1 aromatic carbocycles. The maximum Gasteiger partial charge on any atom is 0.150 e. The number of benzene rings is 1. The molecule has 0 fully saturated rings. The summed E-state index contributed by atoms with van der Waals surface area (Å²) in [6, 6.07) is 7.10. The average Bonchev–Trinajstić information content (AvgIpc) is 2.89. The van der Waals surface area contributed by atoms with Crippen LogP contribution in [0, 0.1) is 0 Å². The third-order valence-electron chi connectivity index (χ3n) is 3.13. The van der Waals surface area contributed by atoms with Gasteiger partial charge in [-0.05, 0) is 24.3 Å². The fourth-order valence-corrected chi connectivity index (χ4v) is 1.99. The molecule has 21 heavy (non-hydrogen) atoms. The van der Waals surface area contributed by atoms with E-state index in [1.807, 2.05) is 13.8 Å². The molecule has 1 unspecified atom stereocenters. The molecule has 1 aromatic heterocycles. The molecule has 0 saturated heterocycles. The average molecular weight is 290 g/mol. The van der Waals surface area contributed by atoms with Crippen molar-refractivity contribution in [2.45, 2.75) is 39.3 Å². The van der Waals surface area contributed by atoms with Crippen molar-refractivity contribution in [3.63, 3.8) is 0 Å². The number of anilines is 1. The number of aliphatic hydroxyl groups is 1. The van der Waals surface area contributed by atoms with Crippen molar-refractivity contribution in [1.82, 2.24) is 14.8 Å². The van der Waals surface area contributed by atoms with Crippen molar-refractivity contribution in [3.8, 4) is 5.75 Å². The zero-order valence-corrected chi connectivity index (χ0v) is 12.5. The predicted octanol–water partition coefficient (Wildman–Crippen LogP) is 1.42.